The lowest BCUT2D eigenvalue weighted by molar-refractivity contribution is 0.0692. The Morgan fingerprint density at radius 3 is 1.39 bits per heavy atom. The molecule has 1 fully saturated rings. The van der Waals surface area contributed by atoms with Gasteiger partial charge in [0, 0.05) is 13.2 Å². The number of benzene rings is 8. The molecule has 1 aliphatic heterocycles. The SMILES string of the molecule is COc1c(C#N)ccc2[nH]nc(/C=C/c3ccc(C)cc3)c12.COc1c(C(=O)NCC2CCCO2)ccc2n[nH]c(/C=C/c3ccc(F)cc3)c12.COc1c(C(=O)N[C@H](CO)C(C)C)ccc2n[nH]c(/C=C/c3ccc(C)cc3)c12.COc1c(C(=O)O)ccc2n[nH]c(/C=C/c3ccc(C)cc3)c12. The number of aliphatic hydroxyl groups is 1. The molecule has 0 bridgehead atoms. The molecule has 526 valence electrons. The zero-order chi connectivity index (χ0) is 73.1. The predicted molar refractivity (Wildman–Crippen MR) is 402 cm³/mol. The summed E-state index contributed by atoms with van der Waals surface area (Å²) in [5, 5.41) is 65.8. The van der Waals surface area contributed by atoms with Crippen molar-refractivity contribution in [2.24, 2.45) is 5.92 Å². The molecule has 0 spiro atoms. The number of hydrogen-bond donors (Lipinski definition) is 8. The van der Waals surface area contributed by atoms with Crippen LogP contribution in [0, 0.1) is 43.8 Å². The summed E-state index contributed by atoms with van der Waals surface area (Å²) in [6.07, 6.45) is 17.4. The lowest BCUT2D eigenvalue weighted by Crippen LogP contribution is -2.41. The number of nitrogens with one attached hydrogen (secondary N) is 6. The van der Waals surface area contributed by atoms with Crippen LogP contribution in [-0.4, -0.2) is 129 Å². The maximum Gasteiger partial charge on any atom is 0.339 e. The van der Waals surface area contributed by atoms with E-state index in [1.807, 2.05) is 119 Å². The minimum atomic E-state index is -1.03. The smallest absolute Gasteiger partial charge is 0.339 e. The van der Waals surface area contributed by atoms with Crippen LogP contribution in [0.4, 0.5) is 4.39 Å². The molecule has 8 aromatic carbocycles. The highest BCUT2D eigenvalue weighted by Gasteiger charge is 2.25. The number of methoxy groups -OCH3 is 4. The molecule has 5 heterocycles. The number of carbonyl (C=O) groups excluding carboxylic acids is 2. The number of aromatic nitrogens is 8. The van der Waals surface area contributed by atoms with Crippen molar-refractivity contribution in [1.82, 2.24) is 51.4 Å². The highest BCUT2D eigenvalue weighted by Crippen LogP contribution is 2.37. The van der Waals surface area contributed by atoms with E-state index in [0.29, 0.717) is 79.6 Å². The summed E-state index contributed by atoms with van der Waals surface area (Å²) >= 11 is 0. The molecule has 1 saturated heterocycles. The number of nitriles is 1. The van der Waals surface area contributed by atoms with E-state index >= 15 is 0 Å². The number of carboxylic acid groups (broad SMARTS) is 1. The summed E-state index contributed by atoms with van der Waals surface area (Å²) in [5.74, 6) is 0.0794. The molecule has 12 aromatic rings. The summed E-state index contributed by atoms with van der Waals surface area (Å²) in [7, 11) is 6.10. The summed E-state index contributed by atoms with van der Waals surface area (Å²) in [6, 6.07) is 46.3. The Hall–Kier alpha value is -12.5. The number of ether oxygens (including phenoxy) is 5. The van der Waals surface area contributed by atoms with Gasteiger partial charge in [-0.1, -0.05) is 140 Å². The maximum atomic E-state index is 13.1. The molecular formula is C81H80FN11O10. The van der Waals surface area contributed by atoms with E-state index in [1.165, 1.54) is 56.2 Å². The first-order valence-electron chi connectivity index (χ1n) is 33.3. The summed E-state index contributed by atoms with van der Waals surface area (Å²) < 4.78 is 40.5. The van der Waals surface area contributed by atoms with E-state index in [-0.39, 0.29) is 47.9 Å². The molecule has 1 aliphatic rings. The van der Waals surface area contributed by atoms with Gasteiger partial charge in [0.2, 0.25) is 0 Å². The van der Waals surface area contributed by atoms with Crippen LogP contribution in [-0.2, 0) is 4.74 Å². The molecule has 2 atom stereocenters. The van der Waals surface area contributed by atoms with Crippen LogP contribution in [0.15, 0.2) is 146 Å². The van der Waals surface area contributed by atoms with Gasteiger partial charge in [0.25, 0.3) is 11.8 Å². The Morgan fingerprint density at radius 2 is 0.981 bits per heavy atom. The average Bonchev–Trinajstić information content (AvgIpc) is 1.69. The predicted octanol–water partition coefficient (Wildman–Crippen LogP) is 15.3. The van der Waals surface area contributed by atoms with Crippen molar-refractivity contribution < 1.29 is 52.7 Å². The number of H-pyrrole nitrogens is 4. The fraction of sp³-hybridized carbons (Fsp3) is 0.210. The standard InChI is InChI=1S/C23H27N3O3.C22H22FN3O3.C18H15N3O.C18H16N2O3/c1-14(2)20(13-27)24-23(28)17-10-12-19-21(22(17)29-4)18(25-26-19)11-9-16-7-5-15(3)6-8-16;1-28-21-17(22(27)24-13-16-3-2-12-29-16)9-11-19-20(21)18(25-26-19)10-6-14-4-7-15(23)8-5-14;1-12-3-5-13(6-4-12)7-9-15-17-16(21-20-15)10-8-14(11-19)18(17)22-2;1-11-3-5-12(6-4-11)7-9-14-16-15(20-19-14)10-8-13(18(21)22)17(16)23-2/h5-12,14,20,27H,13H2,1-4H3,(H,24,28)(H,25,26);4-11,16H,2-3,12-13H2,1H3,(H,24,27)(H,25,26);3-10H,1-2H3,(H,20,21);3-10H,1-2H3,(H,19,20)(H,21,22)/b11-9+;10-6+;2*9-7+/t20-;;;/m1.../s1. The van der Waals surface area contributed by atoms with Gasteiger partial charge in [0.05, 0.1) is 130 Å². The summed E-state index contributed by atoms with van der Waals surface area (Å²) in [4.78, 5) is 36.9. The van der Waals surface area contributed by atoms with Gasteiger partial charge in [-0.15, -0.1) is 0 Å². The number of aliphatic hydroxyl groups excluding tert-OH is 1. The molecule has 8 N–H and O–H groups in total. The lowest BCUT2D eigenvalue weighted by atomic mass is 10.0. The van der Waals surface area contributed by atoms with Crippen molar-refractivity contribution >= 4 is 110 Å². The summed E-state index contributed by atoms with van der Waals surface area (Å²) in [6.45, 7) is 11.1. The molecule has 0 radical (unpaired) electrons. The molecule has 0 saturated carbocycles. The van der Waals surface area contributed by atoms with Crippen LogP contribution in [0.3, 0.4) is 0 Å². The fourth-order valence-corrected chi connectivity index (χ4v) is 11.5. The van der Waals surface area contributed by atoms with Crippen molar-refractivity contribution in [1.29, 1.82) is 5.26 Å². The highest BCUT2D eigenvalue weighted by atomic mass is 19.1. The second-order valence-corrected chi connectivity index (χ2v) is 24.6. The van der Waals surface area contributed by atoms with E-state index < -0.39 is 5.97 Å². The van der Waals surface area contributed by atoms with Crippen LogP contribution in [0.25, 0.3) is 92.2 Å². The van der Waals surface area contributed by atoms with Crippen LogP contribution >= 0.6 is 0 Å². The second kappa shape index (κ2) is 34.6. The third-order valence-electron chi connectivity index (χ3n) is 17.2. The van der Waals surface area contributed by atoms with Crippen molar-refractivity contribution in [3.05, 3.63) is 235 Å². The second-order valence-electron chi connectivity index (χ2n) is 24.6. The monoisotopic (exact) mass is 1390 g/mol. The highest BCUT2D eigenvalue weighted by molar-refractivity contribution is 6.07. The number of aryl methyl sites for hydroxylation is 3. The van der Waals surface area contributed by atoms with Gasteiger partial charge in [-0.2, -0.15) is 25.7 Å². The first-order valence-corrected chi connectivity index (χ1v) is 33.3. The fourth-order valence-electron chi connectivity index (χ4n) is 11.5. The molecule has 4 aromatic heterocycles. The van der Waals surface area contributed by atoms with Gasteiger partial charge in [-0.3, -0.25) is 30.0 Å². The Labute approximate surface area is 594 Å². The maximum absolute atomic E-state index is 13.1. The first-order chi connectivity index (χ1) is 49.9. The molecular weight excluding hydrogens is 1310 g/mol. The zero-order valence-corrected chi connectivity index (χ0v) is 58.5. The molecule has 2 amide bonds. The van der Waals surface area contributed by atoms with Crippen LogP contribution in [0.2, 0.25) is 0 Å². The third-order valence-corrected chi connectivity index (χ3v) is 17.2. The number of hydrogen-bond acceptors (Lipinski definition) is 14. The number of fused-ring (bicyclic) bond motifs is 4. The minimum Gasteiger partial charge on any atom is -0.495 e. The van der Waals surface area contributed by atoms with Gasteiger partial charge in [0.1, 0.15) is 40.4 Å². The molecule has 103 heavy (non-hydrogen) atoms. The van der Waals surface area contributed by atoms with Crippen LogP contribution in [0.5, 0.6) is 23.0 Å². The minimum absolute atomic E-state index is 0.0665. The zero-order valence-electron chi connectivity index (χ0n) is 58.5. The van der Waals surface area contributed by atoms with E-state index in [2.05, 4.69) is 101 Å². The third kappa shape index (κ3) is 17.9. The molecule has 13 rings (SSSR count). The molecule has 22 heteroatoms. The Balaban J connectivity index is 0.000000149. The van der Waals surface area contributed by atoms with E-state index in [9.17, 15) is 34.2 Å². The van der Waals surface area contributed by atoms with Gasteiger partial charge >= 0.3 is 5.97 Å². The van der Waals surface area contributed by atoms with Crippen LogP contribution < -0.4 is 29.6 Å². The number of aromatic amines is 4. The Kier molecular flexibility index (Phi) is 24.6. The molecule has 21 nitrogen and oxygen atoms in total. The number of halogens is 1. The average molecular weight is 1390 g/mol. The van der Waals surface area contributed by atoms with Gasteiger partial charge in [-0.25, -0.2) is 9.18 Å². The van der Waals surface area contributed by atoms with Gasteiger partial charge < -0.3 is 44.5 Å². The lowest BCUT2D eigenvalue weighted by Gasteiger charge is -2.20. The Bertz CT molecular complexity index is 5110. The number of carbonyl (C=O) groups is 3. The van der Waals surface area contributed by atoms with Crippen molar-refractivity contribution in [2.75, 3.05) is 48.2 Å². The van der Waals surface area contributed by atoms with Crippen molar-refractivity contribution in [3.63, 3.8) is 0 Å². The largest absolute Gasteiger partial charge is 0.495 e. The number of nitrogens with zero attached hydrogens (tertiary/aromatic N) is 5. The Morgan fingerprint density at radius 1 is 0.553 bits per heavy atom. The number of aromatic carboxylic acids is 1. The molecule has 0 aliphatic carbocycles. The van der Waals surface area contributed by atoms with E-state index in [1.54, 1.807) is 55.6 Å². The van der Waals surface area contributed by atoms with Crippen molar-refractivity contribution in [2.45, 2.75) is 59.6 Å². The van der Waals surface area contributed by atoms with Crippen LogP contribution in [0.1, 0.15) is 125 Å². The van der Waals surface area contributed by atoms with Crippen molar-refractivity contribution in [3.8, 4) is 29.1 Å². The topological polar surface area (TPSA) is 300 Å². The normalized spacial score (nSPS) is 13.1. The summed E-state index contributed by atoms with van der Waals surface area (Å²) in [5.41, 5.74) is 15.0. The quantitative estimate of drug-likeness (QED) is 0.0352. The number of carboxylic acids is 1. The van der Waals surface area contributed by atoms with Gasteiger partial charge in [-0.05, 0) is 147 Å². The number of rotatable bonds is 20. The van der Waals surface area contributed by atoms with E-state index in [0.717, 1.165) is 74.8 Å². The van der Waals surface area contributed by atoms with E-state index in [4.69, 9.17) is 23.7 Å². The first kappa shape index (κ1) is 73.3. The van der Waals surface area contributed by atoms with Gasteiger partial charge in [0.15, 0.2) is 0 Å². The molecule has 1 unspecified atom stereocenters. The number of amides is 2.